The summed E-state index contributed by atoms with van der Waals surface area (Å²) in [6, 6.07) is 12.4. The van der Waals surface area contributed by atoms with Gasteiger partial charge in [0.2, 0.25) is 0 Å². The van der Waals surface area contributed by atoms with Crippen LogP contribution in [0.25, 0.3) is 0 Å². The number of benzene rings is 2. The van der Waals surface area contributed by atoms with E-state index in [0.717, 1.165) is 11.1 Å². The predicted octanol–water partition coefficient (Wildman–Crippen LogP) is 3.78. The van der Waals surface area contributed by atoms with Crippen molar-refractivity contribution in [3.63, 3.8) is 0 Å². The van der Waals surface area contributed by atoms with E-state index in [1.54, 1.807) is 19.2 Å². The lowest BCUT2D eigenvalue weighted by atomic mass is 9.88. The first kappa shape index (κ1) is 16.1. The molecule has 0 aliphatic heterocycles. The van der Waals surface area contributed by atoms with E-state index in [4.69, 9.17) is 33.7 Å². The van der Waals surface area contributed by atoms with Crippen LogP contribution in [-0.4, -0.2) is 18.8 Å². The van der Waals surface area contributed by atoms with E-state index in [2.05, 4.69) is 0 Å². The van der Waals surface area contributed by atoms with Crippen LogP contribution in [0.5, 0.6) is 5.75 Å². The van der Waals surface area contributed by atoms with Crippen molar-refractivity contribution in [2.75, 3.05) is 13.7 Å². The number of aliphatic hydroxyl groups is 1. The number of hydrogen-bond acceptors (Lipinski definition) is 3. The number of hydrogen-bond donors (Lipinski definition) is 2. The van der Waals surface area contributed by atoms with Crippen LogP contribution in [0.1, 0.15) is 23.1 Å². The zero-order valence-corrected chi connectivity index (χ0v) is 13.1. The lowest BCUT2D eigenvalue weighted by molar-refractivity contribution is 0.247. The van der Waals surface area contributed by atoms with E-state index in [-0.39, 0.29) is 12.5 Å². The largest absolute Gasteiger partial charge is 0.496 e. The Kier molecular flexibility index (Phi) is 5.48. The van der Waals surface area contributed by atoms with E-state index < -0.39 is 6.04 Å². The summed E-state index contributed by atoms with van der Waals surface area (Å²) in [6.45, 7) is -0.100. The van der Waals surface area contributed by atoms with E-state index >= 15 is 0 Å². The minimum atomic E-state index is -0.414. The number of methoxy groups -OCH3 is 1. The summed E-state index contributed by atoms with van der Waals surface area (Å²) in [6.07, 6.45) is 0. The van der Waals surface area contributed by atoms with Crippen LogP contribution in [0, 0.1) is 0 Å². The monoisotopic (exact) mass is 325 g/mol. The standard InChI is InChI=1S/C16H17Cl2NO2/c1-21-15-5-3-2-4-11(15)16(19)12(9-20)10-6-7-13(17)14(18)8-10/h2-8,12,16,20H,9,19H2,1H3. The van der Waals surface area contributed by atoms with Gasteiger partial charge in [-0.05, 0) is 23.8 Å². The van der Waals surface area contributed by atoms with Gasteiger partial charge < -0.3 is 15.6 Å². The molecule has 0 aromatic heterocycles. The van der Waals surface area contributed by atoms with Gasteiger partial charge in [-0.15, -0.1) is 0 Å². The molecule has 2 rings (SSSR count). The molecule has 21 heavy (non-hydrogen) atoms. The third-order valence-electron chi connectivity index (χ3n) is 3.50. The summed E-state index contributed by atoms with van der Waals surface area (Å²) < 4.78 is 5.33. The number of para-hydroxylation sites is 1. The summed E-state index contributed by atoms with van der Waals surface area (Å²) in [5, 5.41) is 10.7. The molecule has 0 aliphatic carbocycles. The SMILES string of the molecule is COc1ccccc1C(N)C(CO)c1ccc(Cl)c(Cl)c1. The topological polar surface area (TPSA) is 55.5 Å². The number of aliphatic hydroxyl groups excluding tert-OH is 1. The number of nitrogens with two attached hydrogens (primary N) is 1. The van der Waals surface area contributed by atoms with Crippen LogP contribution in [-0.2, 0) is 0 Å². The number of ether oxygens (including phenoxy) is 1. The summed E-state index contributed by atoms with van der Waals surface area (Å²) in [5.41, 5.74) is 8.01. The molecule has 5 heteroatoms. The molecule has 2 aromatic rings. The van der Waals surface area contributed by atoms with Gasteiger partial charge in [-0.1, -0.05) is 47.5 Å². The van der Waals surface area contributed by atoms with E-state index in [1.165, 1.54) is 0 Å². The molecule has 0 bridgehead atoms. The highest BCUT2D eigenvalue weighted by Gasteiger charge is 2.23. The highest BCUT2D eigenvalue weighted by atomic mass is 35.5. The van der Waals surface area contributed by atoms with E-state index in [1.807, 2.05) is 30.3 Å². The Morgan fingerprint density at radius 3 is 2.48 bits per heavy atom. The van der Waals surface area contributed by atoms with E-state index in [0.29, 0.717) is 15.8 Å². The second kappa shape index (κ2) is 7.14. The molecule has 3 nitrogen and oxygen atoms in total. The number of rotatable bonds is 5. The molecule has 2 unspecified atom stereocenters. The molecule has 0 saturated carbocycles. The average molecular weight is 326 g/mol. The van der Waals surface area contributed by atoms with Crippen LogP contribution in [0.3, 0.4) is 0 Å². The fourth-order valence-corrected chi connectivity index (χ4v) is 2.63. The van der Waals surface area contributed by atoms with Crippen molar-refractivity contribution < 1.29 is 9.84 Å². The molecule has 0 heterocycles. The molecule has 0 spiro atoms. The number of halogens is 2. The second-order valence-corrected chi connectivity index (χ2v) is 5.54. The van der Waals surface area contributed by atoms with Crippen molar-refractivity contribution in [3.05, 3.63) is 63.6 Å². The van der Waals surface area contributed by atoms with Crippen LogP contribution < -0.4 is 10.5 Å². The predicted molar refractivity (Wildman–Crippen MR) is 86.2 cm³/mol. The lowest BCUT2D eigenvalue weighted by Crippen LogP contribution is -2.23. The quantitative estimate of drug-likeness (QED) is 0.879. The maximum Gasteiger partial charge on any atom is 0.123 e. The molecule has 0 radical (unpaired) electrons. The van der Waals surface area contributed by atoms with Crippen molar-refractivity contribution >= 4 is 23.2 Å². The Morgan fingerprint density at radius 2 is 1.86 bits per heavy atom. The minimum absolute atomic E-state index is 0.100. The molecular weight excluding hydrogens is 309 g/mol. The Labute approximate surface area is 134 Å². The first-order valence-electron chi connectivity index (χ1n) is 6.52. The van der Waals surface area contributed by atoms with Gasteiger partial charge in [0.15, 0.2) is 0 Å². The zero-order valence-electron chi connectivity index (χ0n) is 11.6. The van der Waals surface area contributed by atoms with Crippen LogP contribution in [0.15, 0.2) is 42.5 Å². The minimum Gasteiger partial charge on any atom is -0.496 e. The van der Waals surface area contributed by atoms with Gasteiger partial charge in [-0.2, -0.15) is 0 Å². The van der Waals surface area contributed by atoms with Crippen LogP contribution >= 0.6 is 23.2 Å². The van der Waals surface area contributed by atoms with E-state index in [9.17, 15) is 5.11 Å². The molecule has 0 aliphatic rings. The highest BCUT2D eigenvalue weighted by molar-refractivity contribution is 6.42. The van der Waals surface area contributed by atoms with Crippen LogP contribution in [0.2, 0.25) is 10.0 Å². The van der Waals surface area contributed by atoms with Crippen molar-refractivity contribution in [2.24, 2.45) is 5.73 Å². The fraction of sp³-hybridized carbons (Fsp3) is 0.250. The maximum absolute atomic E-state index is 9.74. The van der Waals surface area contributed by atoms with Gasteiger partial charge in [-0.3, -0.25) is 0 Å². The summed E-state index contributed by atoms with van der Waals surface area (Å²) in [5.74, 6) is 0.402. The van der Waals surface area contributed by atoms with Crippen molar-refractivity contribution in [2.45, 2.75) is 12.0 Å². The average Bonchev–Trinajstić information content (AvgIpc) is 2.51. The normalized spacial score (nSPS) is 13.8. The smallest absolute Gasteiger partial charge is 0.123 e. The first-order valence-corrected chi connectivity index (χ1v) is 7.28. The summed E-state index contributed by atoms with van der Waals surface area (Å²) in [4.78, 5) is 0. The molecule has 0 amide bonds. The van der Waals surface area contributed by atoms with Gasteiger partial charge >= 0.3 is 0 Å². The first-order chi connectivity index (χ1) is 10.1. The Balaban J connectivity index is 2.38. The Morgan fingerprint density at radius 1 is 1.14 bits per heavy atom. The molecule has 3 N–H and O–H groups in total. The molecule has 2 aromatic carbocycles. The third-order valence-corrected chi connectivity index (χ3v) is 4.24. The van der Waals surface area contributed by atoms with Gasteiger partial charge in [0.05, 0.1) is 23.8 Å². The molecule has 0 fully saturated rings. The Hall–Kier alpha value is -1.26. The van der Waals surface area contributed by atoms with Crippen molar-refractivity contribution in [1.29, 1.82) is 0 Å². The maximum atomic E-state index is 9.74. The lowest BCUT2D eigenvalue weighted by Gasteiger charge is -2.24. The third kappa shape index (κ3) is 3.50. The van der Waals surface area contributed by atoms with Crippen molar-refractivity contribution in [3.8, 4) is 5.75 Å². The van der Waals surface area contributed by atoms with Crippen LogP contribution in [0.4, 0.5) is 0 Å². The van der Waals surface area contributed by atoms with Gasteiger partial charge in [0.1, 0.15) is 5.75 Å². The van der Waals surface area contributed by atoms with Gasteiger partial charge in [0, 0.05) is 17.5 Å². The zero-order chi connectivity index (χ0) is 15.4. The fourth-order valence-electron chi connectivity index (χ4n) is 2.33. The molecule has 2 atom stereocenters. The molecular formula is C16H17Cl2NO2. The molecule has 112 valence electrons. The Bertz CT molecular complexity index is 619. The second-order valence-electron chi connectivity index (χ2n) is 4.73. The molecule has 0 saturated heterocycles. The highest BCUT2D eigenvalue weighted by Crippen LogP contribution is 2.35. The van der Waals surface area contributed by atoms with Gasteiger partial charge in [0.25, 0.3) is 0 Å². The van der Waals surface area contributed by atoms with Crippen molar-refractivity contribution in [1.82, 2.24) is 0 Å². The summed E-state index contributed by atoms with van der Waals surface area (Å²) >= 11 is 12.0. The summed E-state index contributed by atoms with van der Waals surface area (Å²) in [7, 11) is 1.60. The van der Waals surface area contributed by atoms with Gasteiger partial charge in [-0.25, -0.2) is 0 Å².